The van der Waals surface area contributed by atoms with Gasteiger partial charge in [-0.1, -0.05) is 0 Å². The van der Waals surface area contributed by atoms with Crippen molar-refractivity contribution >= 4 is 23.4 Å². The van der Waals surface area contributed by atoms with E-state index in [2.05, 4.69) is 0 Å². The zero-order valence-corrected chi connectivity index (χ0v) is 12.0. The fourth-order valence-corrected chi connectivity index (χ4v) is 2.67. The van der Waals surface area contributed by atoms with Gasteiger partial charge < -0.3 is 20.0 Å². The number of hydrogen-bond donors (Lipinski definition) is 2. The normalized spacial score (nSPS) is 10.5. The molecule has 0 aliphatic rings. The Morgan fingerprint density at radius 1 is 1.45 bits per heavy atom. The Labute approximate surface area is 120 Å². The van der Waals surface area contributed by atoms with Crippen LogP contribution in [0.25, 0.3) is 0 Å². The number of ether oxygens (including phenoxy) is 1. The van der Waals surface area contributed by atoms with Gasteiger partial charge in [-0.05, 0) is 25.1 Å². The third kappa shape index (κ3) is 3.08. The Hall–Kier alpha value is -2.08. The molecule has 0 spiro atoms. The Balaban J connectivity index is 2.13. The van der Waals surface area contributed by atoms with Gasteiger partial charge in [-0.2, -0.15) is 0 Å². The molecule has 20 heavy (non-hydrogen) atoms. The maximum Gasteiger partial charge on any atom is 0.339 e. The van der Waals surface area contributed by atoms with Crippen molar-refractivity contribution in [2.75, 3.05) is 12.8 Å². The number of thioether (sulfide) groups is 1. The molecule has 6 heteroatoms. The number of carboxylic acids is 1. The topological polar surface area (TPSA) is 85.7 Å². The summed E-state index contributed by atoms with van der Waals surface area (Å²) in [5.41, 5.74) is 6.53. The van der Waals surface area contributed by atoms with Crippen molar-refractivity contribution in [2.24, 2.45) is 0 Å². The van der Waals surface area contributed by atoms with E-state index in [1.807, 2.05) is 6.07 Å². The number of methoxy groups -OCH3 is 1. The van der Waals surface area contributed by atoms with Gasteiger partial charge in [0, 0.05) is 16.6 Å². The molecule has 106 valence electrons. The van der Waals surface area contributed by atoms with E-state index in [0.717, 1.165) is 4.90 Å². The van der Waals surface area contributed by atoms with Gasteiger partial charge in [-0.15, -0.1) is 11.8 Å². The summed E-state index contributed by atoms with van der Waals surface area (Å²) in [5, 5.41) is 8.98. The van der Waals surface area contributed by atoms with Crippen LogP contribution >= 0.6 is 11.8 Å². The van der Waals surface area contributed by atoms with E-state index >= 15 is 0 Å². The smallest absolute Gasteiger partial charge is 0.339 e. The lowest BCUT2D eigenvalue weighted by molar-refractivity contribution is 0.0695. The van der Waals surface area contributed by atoms with Crippen LogP contribution in [0.4, 0.5) is 5.69 Å². The number of nitrogen functional groups attached to an aromatic ring is 1. The summed E-state index contributed by atoms with van der Waals surface area (Å²) in [6.07, 6.45) is 0. The monoisotopic (exact) mass is 293 g/mol. The maximum absolute atomic E-state index is 10.9. The van der Waals surface area contributed by atoms with E-state index in [1.54, 1.807) is 32.2 Å². The number of nitrogens with two attached hydrogens (primary N) is 1. The van der Waals surface area contributed by atoms with Crippen LogP contribution in [0.5, 0.6) is 5.75 Å². The third-order valence-corrected chi connectivity index (χ3v) is 3.83. The first kappa shape index (κ1) is 14.3. The summed E-state index contributed by atoms with van der Waals surface area (Å²) in [4.78, 5) is 11.9. The molecule has 0 saturated carbocycles. The molecule has 1 aromatic carbocycles. The molecule has 0 atom stereocenters. The maximum atomic E-state index is 10.9. The minimum Gasteiger partial charge on any atom is -0.496 e. The summed E-state index contributed by atoms with van der Waals surface area (Å²) < 4.78 is 10.7. The summed E-state index contributed by atoms with van der Waals surface area (Å²) in [6.45, 7) is 1.64. The number of furan rings is 1. The summed E-state index contributed by atoms with van der Waals surface area (Å²) in [7, 11) is 1.58. The van der Waals surface area contributed by atoms with Crippen LogP contribution in [0.15, 0.2) is 33.6 Å². The van der Waals surface area contributed by atoms with Crippen molar-refractivity contribution in [3.05, 3.63) is 41.3 Å². The van der Waals surface area contributed by atoms with E-state index < -0.39 is 5.97 Å². The van der Waals surface area contributed by atoms with Gasteiger partial charge in [0.15, 0.2) is 0 Å². The molecule has 0 saturated heterocycles. The predicted molar refractivity (Wildman–Crippen MR) is 77.4 cm³/mol. The number of anilines is 1. The van der Waals surface area contributed by atoms with Crippen molar-refractivity contribution in [3.8, 4) is 5.75 Å². The number of benzene rings is 1. The fourth-order valence-electron chi connectivity index (χ4n) is 1.78. The lowest BCUT2D eigenvalue weighted by atomic mass is 10.2. The average Bonchev–Trinajstić information content (AvgIpc) is 2.78. The quantitative estimate of drug-likeness (QED) is 0.650. The van der Waals surface area contributed by atoms with Crippen molar-refractivity contribution in [2.45, 2.75) is 17.6 Å². The van der Waals surface area contributed by atoms with Gasteiger partial charge in [0.25, 0.3) is 0 Å². The lowest BCUT2D eigenvalue weighted by Gasteiger charge is -2.07. The Morgan fingerprint density at radius 3 is 2.80 bits per heavy atom. The van der Waals surface area contributed by atoms with Crippen LogP contribution < -0.4 is 10.5 Å². The fraction of sp³-hybridized carbons (Fsp3) is 0.214. The first-order chi connectivity index (χ1) is 9.51. The molecule has 1 heterocycles. The molecule has 0 aliphatic carbocycles. The van der Waals surface area contributed by atoms with E-state index in [-0.39, 0.29) is 5.56 Å². The van der Waals surface area contributed by atoms with Crippen LogP contribution in [0.2, 0.25) is 0 Å². The minimum absolute atomic E-state index is 0.199. The second-order valence-corrected chi connectivity index (χ2v) is 5.20. The van der Waals surface area contributed by atoms with Crippen molar-refractivity contribution in [1.82, 2.24) is 0 Å². The number of carbonyl (C=O) groups is 1. The second kappa shape index (κ2) is 5.92. The highest BCUT2D eigenvalue weighted by atomic mass is 32.2. The summed E-state index contributed by atoms with van der Waals surface area (Å²) in [6, 6.07) is 6.96. The van der Waals surface area contributed by atoms with Gasteiger partial charge >= 0.3 is 5.97 Å². The molecule has 0 aliphatic heterocycles. The van der Waals surface area contributed by atoms with E-state index in [1.165, 1.54) is 11.8 Å². The molecule has 0 radical (unpaired) electrons. The standard InChI is InChI=1S/C14H15NO4S/c1-8-11(14(16)17)6-10(19-8)7-20-13-4-3-9(15)5-12(13)18-2/h3-6H,7,15H2,1-2H3,(H,16,17). The number of aryl methyl sites for hydroxylation is 1. The zero-order valence-electron chi connectivity index (χ0n) is 11.2. The van der Waals surface area contributed by atoms with E-state index in [4.69, 9.17) is 20.0 Å². The lowest BCUT2D eigenvalue weighted by Crippen LogP contribution is -1.94. The number of aromatic carboxylic acids is 1. The van der Waals surface area contributed by atoms with Gasteiger partial charge in [-0.3, -0.25) is 0 Å². The third-order valence-electron chi connectivity index (χ3n) is 2.76. The van der Waals surface area contributed by atoms with E-state index in [9.17, 15) is 4.79 Å². The average molecular weight is 293 g/mol. The van der Waals surface area contributed by atoms with Gasteiger partial charge in [-0.25, -0.2) is 4.79 Å². The highest BCUT2D eigenvalue weighted by Gasteiger charge is 2.14. The molecule has 0 bridgehead atoms. The van der Waals surface area contributed by atoms with Crippen molar-refractivity contribution in [1.29, 1.82) is 0 Å². The Bertz CT molecular complexity index is 636. The molecular weight excluding hydrogens is 278 g/mol. The number of rotatable bonds is 5. The highest BCUT2D eigenvalue weighted by Crippen LogP contribution is 2.33. The number of hydrogen-bond acceptors (Lipinski definition) is 5. The molecule has 2 aromatic rings. The second-order valence-electron chi connectivity index (χ2n) is 4.19. The van der Waals surface area contributed by atoms with Gasteiger partial charge in [0.1, 0.15) is 22.8 Å². The zero-order chi connectivity index (χ0) is 14.7. The van der Waals surface area contributed by atoms with Crippen molar-refractivity contribution < 1.29 is 19.1 Å². The molecular formula is C14H15NO4S. The van der Waals surface area contributed by atoms with Gasteiger partial charge in [0.05, 0.1) is 12.9 Å². The van der Waals surface area contributed by atoms with Gasteiger partial charge in [0.2, 0.25) is 0 Å². The summed E-state index contributed by atoms with van der Waals surface area (Å²) in [5.74, 6) is 1.26. The molecule has 1 aromatic heterocycles. The minimum atomic E-state index is -0.979. The van der Waals surface area contributed by atoms with E-state index in [0.29, 0.717) is 28.7 Å². The Kier molecular flexibility index (Phi) is 4.24. The predicted octanol–water partition coefficient (Wildman–Crippen LogP) is 3.17. The number of carboxylic acid groups (broad SMARTS) is 1. The molecule has 0 unspecified atom stereocenters. The SMILES string of the molecule is COc1cc(N)ccc1SCc1cc(C(=O)O)c(C)o1. The first-order valence-electron chi connectivity index (χ1n) is 5.90. The van der Waals surface area contributed by atoms with Crippen LogP contribution in [0, 0.1) is 6.92 Å². The summed E-state index contributed by atoms with van der Waals surface area (Å²) >= 11 is 1.50. The van der Waals surface area contributed by atoms with Crippen LogP contribution in [0.3, 0.4) is 0 Å². The van der Waals surface area contributed by atoms with Crippen LogP contribution in [-0.4, -0.2) is 18.2 Å². The van der Waals surface area contributed by atoms with Crippen molar-refractivity contribution in [3.63, 3.8) is 0 Å². The molecule has 2 rings (SSSR count). The molecule has 0 fully saturated rings. The van der Waals surface area contributed by atoms with Crippen LogP contribution in [-0.2, 0) is 5.75 Å². The largest absolute Gasteiger partial charge is 0.496 e. The highest BCUT2D eigenvalue weighted by molar-refractivity contribution is 7.98. The first-order valence-corrected chi connectivity index (χ1v) is 6.88. The molecule has 3 N–H and O–H groups in total. The molecule has 0 amide bonds. The van der Waals surface area contributed by atoms with Crippen LogP contribution in [0.1, 0.15) is 21.9 Å². The molecule has 5 nitrogen and oxygen atoms in total. The Morgan fingerprint density at radius 2 is 2.20 bits per heavy atom.